The van der Waals surface area contributed by atoms with E-state index in [1.165, 1.54) is 25.3 Å². The molecule has 9 heterocycles. The van der Waals surface area contributed by atoms with Crippen LogP contribution in [0.4, 0.5) is 17.5 Å². The summed E-state index contributed by atoms with van der Waals surface area (Å²) >= 11 is 0. The number of methoxy groups -OCH3 is 1. The van der Waals surface area contributed by atoms with Gasteiger partial charge >= 0.3 is 0 Å². The van der Waals surface area contributed by atoms with Gasteiger partial charge in [-0.2, -0.15) is 0 Å². The number of aromatic nitrogens is 12. The van der Waals surface area contributed by atoms with Crippen LogP contribution in [-0.4, -0.2) is 138 Å². The predicted molar refractivity (Wildman–Crippen MR) is 196 cm³/mol. The number of hydrogen-bond acceptors (Lipinski definition) is 20. The second-order valence-corrected chi connectivity index (χ2v) is 14.5. The summed E-state index contributed by atoms with van der Waals surface area (Å²) in [5, 5.41) is 11.1. The number of aliphatic hydroxyl groups is 1. The average Bonchev–Trinajstić information content (AvgIpc) is 4.05. The third-order valence-electron chi connectivity index (χ3n) is 10.4. The van der Waals surface area contributed by atoms with E-state index in [4.69, 9.17) is 45.6 Å². The molecule has 0 bridgehead atoms. The summed E-state index contributed by atoms with van der Waals surface area (Å²) in [6.07, 6.45) is 4.57. The SMILES string of the molecule is COC1C(COC2CC(CCPO)OC2n2cnc3c(N)ncnc32)OC(n2cnc3c(N)ncnc32)C1OCC1CC(O)C(n2cnc3c(N)ncnc32)O1. The molecule has 9 rings (SSSR count). The van der Waals surface area contributed by atoms with Gasteiger partial charge in [-0.05, 0) is 12.6 Å². The zero-order chi connectivity index (χ0) is 38.5. The molecule has 8 N–H and O–H groups in total. The summed E-state index contributed by atoms with van der Waals surface area (Å²) in [4.78, 5) is 48.0. The van der Waals surface area contributed by atoms with Crippen LogP contribution in [0, 0.1) is 0 Å². The van der Waals surface area contributed by atoms with E-state index in [0.717, 1.165) is 0 Å². The number of nitrogens with zero attached hydrogens (tertiary/aromatic N) is 12. The molecule has 0 amide bonds. The first-order valence-electron chi connectivity index (χ1n) is 17.9. The van der Waals surface area contributed by atoms with Crippen molar-refractivity contribution in [2.75, 3.05) is 43.7 Å². The van der Waals surface area contributed by atoms with Crippen LogP contribution in [0.15, 0.2) is 38.0 Å². The number of fused-ring (bicyclic) bond motifs is 3. The van der Waals surface area contributed by atoms with Crippen LogP contribution >= 0.6 is 8.81 Å². The lowest BCUT2D eigenvalue weighted by molar-refractivity contribution is -0.113. The van der Waals surface area contributed by atoms with E-state index < -0.39 is 55.3 Å². The van der Waals surface area contributed by atoms with Gasteiger partial charge in [-0.3, -0.25) is 13.7 Å². The van der Waals surface area contributed by atoms with E-state index in [1.807, 2.05) is 0 Å². The van der Waals surface area contributed by atoms with Crippen molar-refractivity contribution in [1.82, 2.24) is 58.6 Å². The number of rotatable bonds is 13. The highest BCUT2D eigenvalue weighted by molar-refractivity contribution is 7.31. The summed E-state index contributed by atoms with van der Waals surface area (Å²) in [5.74, 6) is 0.696. The standard InChI is InChI=1S/C32H40N15O8P/c1-50-22-18(7-51-17-5-14(2-3-56-49)53-31(17)46-12-43-20-25(34)37-9-40-28(20)46)55-32(47-13-44-21-26(35)38-10-41-29(21)47)23(22)52-6-15-4-16(48)30(54-15)45-11-42-19-24(33)36-8-39-27(19)45/h8-18,22-23,30-32,48-49,56H,2-7H2,1H3,(H2,33,36,39)(H2,34,37,40)(H2,35,38,41). The monoisotopic (exact) mass is 793 g/mol. The number of aliphatic hydroxyl groups excluding tert-OH is 1. The Morgan fingerprint density at radius 2 is 1.23 bits per heavy atom. The Morgan fingerprint density at radius 3 is 1.80 bits per heavy atom. The number of imidazole rings is 3. The minimum Gasteiger partial charge on any atom is -0.388 e. The molecule has 24 heteroatoms. The Labute approximate surface area is 318 Å². The third kappa shape index (κ3) is 6.53. The van der Waals surface area contributed by atoms with Gasteiger partial charge in [-0.1, -0.05) is 0 Å². The quantitative estimate of drug-likeness (QED) is 0.0949. The Morgan fingerprint density at radius 1 is 0.679 bits per heavy atom. The van der Waals surface area contributed by atoms with Crippen LogP contribution in [-0.2, 0) is 28.4 Å². The van der Waals surface area contributed by atoms with Gasteiger partial charge < -0.3 is 55.6 Å². The summed E-state index contributed by atoms with van der Waals surface area (Å²) in [6, 6.07) is 0. The van der Waals surface area contributed by atoms with Crippen LogP contribution in [0.25, 0.3) is 33.5 Å². The maximum atomic E-state index is 11.1. The topological polar surface area (TPSA) is 305 Å². The van der Waals surface area contributed by atoms with Crippen LogP contribution in [0.1, 0.15) is 37.9 Å². The smallest absolute Gasteiger partial charge is 0.167 e. The molecule has 11 unspecified atom stereocenters. The molecular weight excluding hydrogens is 753 g/mol. The van der Waals surface area contributed by atoms with Gasteiger partial charge in [0.15, 0.2) is 53.1 Å². The van der Waals surface area contributed by atoms with Crippen LogP contribution < -0.4 is 17.2 Å². The van der Waals surface area contributed by atoms with Crippen molar-refractivity contribution in [2.24, 2.45) is 0 Å². The third-order valence-corrected chi connectivity index (χ3v) is 10.9. The van der Waals surface area contributed by atoms with Crippen LogP contribution in [0.2, 0.25) is 0 Å². The minimum absolute atomic E-state index is 0.0729. The highest BCUT2D eigenvalue weighted by Gasteiger charge is 2.49. The molecule has 6 aromatic heterocycles. The van der Waals surface area contributed by atoms with Crippen molar-refractivity contribution in [1.29, 1.82) is 0 Å². The average molecular weight is 794 g/mol. The number of anilines is 3. The Balaban J connectivity index is 0.958. The van der Waals surface area contributed by atoms with E-state index in [9.17, 15) is 10.00 Å². The fourth-order valence-corrected chi connectivity index (χ4v) is 8.20. The van der Waals surface area contributed by atoms with Gasteiger partial charge in [0.05, 0.1) is 44.4 Å². The predicted octanol–water partition coefficient (Wildman–Crippen LogP) is -0.153. The normalized spacial score (nSPS) is 29.6. The van der Waals surface area contributed by atoms with Crippen molar-refractivity contribution in [2.45, 2.75) is 80.7 Å². The molecule has 296 valence electrons. The summed E-state index contributed by atoms with van der Waals surface area (Å²) in [6.45, 7) is 0.157. The molecule has 0 radical (unpaired) electrons. The van der Waals surface area contributed by atoms with Gasteiger partial charge in [0.25, 0.3) is 0 Å². The molecule has 0 aliphatic carbocycles. The highest BCUT2D eigenvalue weighted by atomic mass is 31.1. The Hall–Kier alpha value is -4.84. The van der Waals surface area contributed by atoms with E-state index >= 15 is 0 Å². The lowest BCUT2D eigenvalue weighted by Crippen LogP contribution is -2.40. The lowest BCUT2D eigenvalue weighted by Gasteiger charge is -2.26. The van der Waals surface area contributed by atoms with Crippen LogP contribution in [0.5, 0.6) is 0 Å². The molecule has 3 saturated heterocycles. The van der Waals surface area contributed by atoms with Crippen molar-refractivity contribution >= 4 is 59.8 Å². The van der Waals surface area contributed by atoms with Crippen molar-refractivity contribution in [3.05, 3.63) is 38.0 Å². The molecule has 56 heavy (non-hydrogen) atoms. The molecule has 6 aromatic rings. The van der Waals surface area contributed by atoms with Crippen LogP contribution in [0.3, 0.4) is 0 Å². The molecule has 3 fully saturated rings. The number of hydrogen-bond donors (Lipinski definition) is 5. The highest BCUT2D eigenvalue weighted by Crippen LogP contribution is 2.40. The molecular formula is C32H40N15O8P. The zero-order valence-corrected chi connectivity index (χ0v) is 30.9. The van der Waals surface area contributed by atoms with Gasteiger partial charge in [0.1, 0.15) is 66.1 Å². The Bertz CT molecular complexity index is 2330. The first-order valence-corrected chi connectivity index (χ1v) is 19.0. The fraction of sp³-hybridized carbons (Fsp3) is 0.531. The second kappa shape index (κ2) is 15.2. The lowest BCUT2D eigenvalue weighted by atomic mass is 10.1. The van der Waals surface area contributed by atoms with Crippen molar-refractivity contribution in [3.63, 3.8) is 0 Å². The number of nitrogens with two attached hydrogens (primary N) is 3. The first kappa shape index (κ1) is 36.8. The van der Waals surface area contributed by atoms with Crippen molar-refractivity contribution in [3.8, 4) is 0 Å². The molecule has 23 nitrogen and oxygen atoms in total. The van der Waals surface area contributed by atoms with Crippen molar-refractivity contribution < 1.29 is 38.4 Å². The number of ether oxygens (including phenoxy) is 6. The number of nitrogen functional groups attached to an aromatic ring is 3. The first-order chi connectivity index (χ1) is 27.3. The maximum absolute atomic E-state index is 11.1. The fourth-order valence-electron chi connectivity index (χ4n) is 7.74. The summed E-state index contributed by atoms with van der Waals surface area (Å²) in [5.41, 5.74) is 20.9. The zero-order valence-electron chi connectivity index (χ0n) is 29.9. The Kier molecular flexibility index (Phi) is 10.0. The molecule has 0 aromatic carbocycles. The van der Waals surface area contributed by atoms with Gasteiger partial charge in [-0.15, -0.1) is 0 Å². The van der Waals surface area contributed by atoms with Gasteiger partial charge in [0.2, 0.25) is 0 Å². The molecule has 3 aliphatic rings. The molecule has 11 atom stereocenters. The van der Waals surface area contributed by atoms with E-state index in [-0.39, 0.29) is 52.0 Å². The largest absolute Gasteiger partial charge is 0.388 e. The van der Waals surface area contributed by atoms with Gasteiger partial charge in [0, 0.05) is 28.8 Å². The molecule has 3 aliphatic heterocycles. The summed E-state index contributed by atoms with van der Waals surface area (Å²) < 4.78 is 43.9. The van der Waals surface area contributed by atoms with E-state index in [2.05, 4.69) is 44.9 Å². The molecule has 0 saturated carbocycles. The van der Waals surface area contributed by atoms with E-state index in [0.29, 0.717) is 52.5 Å². The van der Waals surface area contributed by atoms with E-state index in [1.54, 1.807) is 33.5 Å². The molecule has 0 spiro atoms. The van der Waals surface area contributed by atoms with Gasteiger partial charge in [-0.25, -0.2) is 44.9 Å². The maximum Gasteiger partial charge on any atom is 0.167 e. The minimum atomic E-state index is -0.886. The summed E-state index contributed by atoms with van der Waals surface area (Å²) in [7, 11) is 1.37. The second-order valence-electron chi connectivity index (χ2n) is 13.7.